The first-order valence-electron chi connectivity index (χ1n) is 6.67. The lowest BCUT2D eigenvalue weighted by Crippen LogP contribution is -2.24. The fourth-order valence-corrected chi connectivity index (χ4v) is 2.35. The van der Waals surface area contributed by atoms with Gasteiger partial charge < -0.3 is 5.32 Å². The number of Topliss-reactive ketones (excluding diaryl/α,β-unsaturated/α-hetero) is 1. The second kappa shape index (κ2) is 5.97. The standard InChI is InChI=1S/C15H21NO/c1-2-3-9-16-11-15(17)14-8-7-12-5-4-6-13(12)10-14/h7-8,10,16H,2-6,9,11H2,1H3. The molecule has 0 radical (unpaired) electrons. The van der Waals surface area contributed by atoms with Gasteiger partial charge in [0.05, 0.1) is 6.54 Å². The predicted octanol–water partition coefficient (Wildman–Crippen LogP) is 2.75. The van der Waals surface area contributed by atoms with Gasteiger partial charge in [-0.05, 0) is 49.4 Å². The molecule has 0 atom stereocenters. The number of carbonyl (C=O) groups is 1. The second-order valence-corrected chi connectivity index (χ2v) is 4.79. The molecule has 0 saturated heterocycles. The van der Waals surface area contributed by atoms with Crippen LogP contribution in [0.15, 0.2) is 18.2 Å². The van der Waals surface area contributed by atoms with E-state index in [4.69, 9.17) is 0 Å². The van der Waals surface area contributed by atoms with Crippen molar-refractivity contribution >= 4 is 5.78 Å². The van der Waals surface area contributed by atoms with Crippen molar-refractivity contribution in [1.82, 2.24) is 5.32 Å². The lowest BCUT2D eigenvalue weighted by molar-refractivity contribution is 0.0991. The van der Waals surface area contributed by atoms with E-state index < -0.39 is 0 Å². The van der Waals surface area contributed by atoms with Crippen LogP contribution in [0.2, 0.25) is 0 Å². The fourth-order valence-electron chi connectivity index (χ4n) is 2.35. The van der Waals surface area contributed by atoms with Crippen LogP contribution in [0.3, 0.4) is 0 Å². The van der Waals surface area contributed by atoms with Crippen LogP contribution < -0.4 is 5.32 Å². The highest BCUT2D eigenvalue weighted by molar-refractivity contribution is 5.97. The van der Waals surface area contributed by atoms with E-state index in [-0.39, 0.29) is 5.78 Å². The van der Waals surface area contributed by atoms with Crippen molar-refractivity contribution in [3.63, 3.8) is 0 Å². The minimum Gasteiger partial charge on any atom is -0.310 e. The van der Waals surface area contributed by atoms with Crippen LogP contribution in [0.1, 0.15) is 47.7 Å². The molecule has 1 aromatic carbocycles. The molecule has 0 unspecified atom stereocenters. The number of hydrogen-bond acceptors (Lipinski definition) is 2. The molecule has 0 heterocycles. The van der Waals surface area contributed by atoms with E-state index in [0.717, 1.165) is 24.9 Å². The SMILES string of the molecule is CCCCNCC(=O)c1ccc2c(c1)CCC2. The van der Waals surface area contributed by atoms with Gasteiger partial charge in [-0.1, -0.05) is 25.5 Å². The van der Waals surface area contributed by atoms with Gasteiger partial charge in [0, 0.05) is 5.56 Å². The number of nitrogens with one attached hydrogen (secondary N) is 1. The quantitative estimate of drug-likeness (QED) is 0.602. The van der Waals surface area contributed by atoms with Crippen molar-refractivity contribution in [3.05, 3.63) is 34.9 Å². The van der Waals surface area contributed by atoms with Crippen molar-refractivity contribution < 1.29 is 4.79 Å². The van der Waals surface area contributed by atoms with Crippen molar-refractivity contribution in [3.8, 4) is 0 Å². The Hall–Kier alpha value is -1.15. The predicted molar refractivity (Wildman–Crippen MR) is 70.6 cm³/mol. The van der Waals surface area contributed by atoms with Gasteiger partial charge >= 0.3 is 0 Å². The highest BCUT2D eigenvalue weighted by Crippen LogP contribution is 2.22. The zero-order valence-electron chi connectivity index (χ0n) is 10.6. The van der Waals surface area contributed by atoms with E-state index in [0.29, 0.717) is 6.54 Å². The maximum absolute atomic E-state index is 11.9. The monoisotopic (exact) mass is 231 g/mol. The number of unbranched alkanes of at least 4 members (excludes halogenated alkanes) is 1. The van der Waals surface area contributed by atoms with Gasteiger partial charge in [-0.25, -0.2) is 0 Å². The maximum atomic E-state index is 11.9. The van der Waals surface area contributed by atoms with Gasteiger partial charge in [0.25, 0.3) is 0 Å². The Morgan fingerprint density at radius 3 is 2.94 bits per heavy atom. The topological polar surface area (TPSA) is 29.1 Å². The van der Waals surface area contributed by atoms with Gasteiger partial charge in [-0.3, -0.25) is 4.79 Å². The van der Waals surface area contributed by atoms with Gasteiger partial charge in [0.1, 0.15) is 0 Å². The molecule has 1 aliphatic rings. The van der Waals surface area contributed by atoms with Crippen LogP contribution >= 0.6 is 0 Å². The van der Waals surface area contributed by atoms with E-state index in [2.05, 4.69) is 24.4 Å². The van der Waals surface area contributed by atoms with E-state index >= 15 is 0 Å². The largest absolute Gasteiger partial charge is 0.310 e. The molecule has 0 fully saturated rings. The first-order valence-corrected chi connectivity index (χ1v) is 6.67. The molecule has 1 aliphatic carbocycles. The fraction of sp³-hybridized carbons (Fsp3) is 0.533. The van der Waals surface area contributed by atoms with Crippen LogP contribution in [0, 0.1) is 0 Å². The molecule has 0 aliphatic heterocycles. The summed E-state index contributed by atoms with van der Waals surface area (Å²) >= 11 is 0. The summed E-state index contributed by atoms with van der Waals surface area (Å²) in [5.74, 6) is 0.218. The Morgan fingerprint density at radius 2 is 2.12 bits per heavy atom. The molecule has 0 amide bonds. The van der Waals surface area contributed by atoms with Crippen LogP contribution in [0.4, 0.5) is 0 Å². The molecule has 92 valence electrons. The third-order valence-electron chi connectivity index (χ3n) is 3.41. The Bertz CT molecular complexity index is 398. The lowest BCUT2D eigenvalue weighted by Gasteiger charge is -2.05. The molecule has 2 heteroatoms. The summed E-state index contributed by atoms with van der Waals surface area (Å²) in [6, 6.07) is 6.20. The molecular weight excluding hydrogens is 210 g/mol. The first-order chi connectivity index (χ1) is 8.31. The third-order valence-corrected chi connectivity index (χ3v) is 3.41. The van der Waals surface area contributed by atoms with E-state index in [1.54, 1.807) is 0 Å². The van der Waals surface area contributed by atoms with Crippen molar-refractivity contribution in [2.75, 3.05) is 13.1 Å². The van der Waals surface area contributed by atoms with Gasteiger partial charge in [-0.2, -0.15) is 0 Å². The molecule has 1 N–H and O–H groups in total. The summed E-state index contributed by atoms with van der Waals surface area (Å²) in [5.41, 5.74) is 3.68. The average Bonchev–Trinajstić information content (AvgIpc) is 2.81. The van der Waals surface area contributed by atoms with Crippen molar-refractivity contribution in [2.45, 2.75) is 39.0 Å². The van der Waals surface area contributed by atoms with Crippen LogP contribution in [-0.2, 0) is 12.8 Å². The summed E-state index contributed by atoms with van der Waals surface area (Å²) in [5, 5.41) is 3.20. The second-order valence-electron chi connectivity index (χ2n) is 4.79. The third kappa shape index (κ3) is 3.16. The highest BCUT2D eigenvalue weighted by atomic mass is 16.1. The number of rotatable bonds is 6. The minimum absolute atomic E-state index is 0.218. The number of carbonyl (C=O) groups excluding carboxylic acids is 1. The first kappa shape index (κ1) is 12.3. The van der Waals surface area contributed by atoms with Crippen LogP contribution in [0.5, 0.6) is 0 Å². The minimum atomic E-state index is 0.218. The number of aryl methyl sites for hydroxylation is 2. The van der Waals surface area contributed by atoms with Gasteiger partial charge in [0.15, 0.2) is 5.78 Å². The van der Waals surface area contributed by atoms with Crippen LogP contribution in [-0.4, -0.2) is 18.9 Å². The normalized spacial score (nSPS) is 13.7. The zero-order chi connectivity index (χ0) is 12.1. The maximum Gasteiger partial charge on any atom is 0.176 e. The summed E-state index contributed by atoms with van der Waals surface area (Å²) in [4.78, 5) is 11.9. The molecule has 2 nitrogen and oxygen atoms in total. The summed E-state index contributed by atoms with van der Waals surface area (Å²) in [6.45, 7) is 3.57. The smallest absolute Gasteiger partial charge is 0.176 e. The molecule has 17 heavy (non-hydrogen) atoms. The highest BCUT2D eigenvalue weighted by Gasteiger charge is 2.13. The molecule has 0 bridgehead atoms. The van der Waals surface area contributed by atoms with Gasteiger partial charge in [-0.15, -0.1) is 0 Å². The lowest BCUT2D eigenvalue weighted by atomic mass is 10.0. The Labute approximate surface area is 103 Å². The van der Waals surface area contributed by atoms with E-state index in [9.17, 15) is 4.79 Å². The van der Waals surface area contributed by atoms with Crippen LogP contribution in [0.25, 0.3) is 0 Å². The Morgan fingerprint density at radius 1 is 1.29 bits per heavy atom. The van der Waals surface area contributed by atoms with Crippen molar-refractivity contribution in [1.29, 1.82) is 0 Å². The molecule has 0 aromatic heterocycles. The average molecular weight is 231 g/mol. The molecular formula is C15H21NO. The number of fused-ring (bicyclic) bond motifs is 1. The Balaban J connectivity index is 1.91. The summed E-state index contributed by atoms with van der Waals surface area (Å²) in [6.07, 6.45) is 5.86. The molecule has 0 saturated carbocycles. The number of ketones is 1. The van der Waals surface area contributed by atoms with E-state index in [1.807, 2.05) is 6.07 Å². The molecule has 2 rings (SSSR count). The molecule has 1 aromatic rings. The number of benzene rings is 1. The van der Waals surface area contributed by atoms with E-state index in [1.165, 1.54) is 30.4 Å². The Kier molecular flexibility index (Phi) is 4.32. The summed E-state index contributed by atoms with van der Waals surface area (Å²) < 4.78 is 0. The van der Waals surface area contributed by atoms with Gasteiger partial charge in [0.2, 0.25) is 0 Å². The summed E-state index contributed by atoms with van der Waals surface area (Å²) in [7, 11) is 0. The molecule has 0 spiro atoms. The zero-order valence-corrected chi connectivity index (χ0v) is 10.6. The van der Waals surface area contributed by atoms with Crippen molar-refractivity contribution in [2.24, 2.45) is 0 Å². The number of hydrogen-bond donors (Lipinski definition) is 1.